The van der Waals surface area contributed by atoms with Gasteiger partial charge in [-0.15, -0.1) is 0 Å². The number of aryl methyl sites for hydroxylation is 1. The summed E-state index contributed by atoms with van der Waals surface area (Å²) >= 11 is 0. The first-order valence-electron chi connectivity index (χ1n) is 13.2. The van der Waals surface area contributed by atoms with Gasteiger partial charge in [-0.2, -0.15) is 0 Å². The van der Waals surface area contributed by atoms with Crippen molar-refractivity contribution in [2.75, 3.05) is 36.5 Å². The number of rotatable bonds is 8. The van der Waals surface area contributed by atoms with Crippen LogP contribution in [0.2, 0.25) is 0 Å². The van der Waals surface area contributed by atoms with E-state index in [2.05, 4.69) is 14.9 Å². The standard InChI is InChI=1S/C29H38N4O6S/c1-29(2,3)21-15-22(26(39-5)23(16-21)31-40(6,37)38)30-27(34)24-14-19-8-7-9-20(25(19)32(24)4)17-33-12-10-18(11-13-33)28(35)36/h7-9,14-16,18,31H,10-13,17H2,1-6H3,(H,30,34)(H,35,36). The number of nitrogens with one attached hydrogen (secondary N) is 2. The number of para-hydroxylation sites is 1. The number of amides is 1. The minimum absolute atomic E-state index is 0.219. The lowest BCUT2D eigenvalue weighted by molar-refractivity contribution is -0.143. The third kappa shape index (κ3) is 6.42. The SMILES string of the molecule is COc1c(NC(=O)c2cc3cccc(CN4CCC(C(=O)O)CC4)c3n2C)cc(C(C)(C)C)cc1NS(C)(=O)=O. The van der Waals surface area contributed by atoms with E-state index in [1.54, 1.807) is 12.1 Å². The fraction of sp³-hybridized carbons (Fsp3) is 0.448. The van der Waals surface area contributed by atoms with Crippen molar-refractivity contribution in [2.45, 2.75) is 45.6 Å². The maximum atomic E-state index is 13.6. The summed E-state index contributed by atoms with van der Waals surface area (Å²) in [5, 5.41) is 13.2. The van der Waals surface area contributed by atoms with Crippen LogP contribution >= 0.6 is 0 Å². The molecule has 11 heteroatoms. The average Bonchev–Trinajstić information content (AvgIpc) is 3.20. The van der Waals surface area contributed by atoms with Crippen LogP contribution < -0.4 is 14.8 Å². The summed E-state index contributed by atoms with van der Waals surface area (Å²) in [5.74, 6) is -1.17. The highest BCUT2D eigenvalue weighted by Gasteiger charge is 2.26. The van der Waals surface area contributed by atoms with E-state index in [9.17, 15) is 23.1 Å². The van der Waals surface area contributed by atoms with E-state index in [4.69, 9.17) is 4.74 Å². The maximum absolute atomic E-state index is 13.6. The van der Waals surface area contributed by atoms with Crippen molar-refractivity contribution in [1.82, 2.24) is 9.47 Å². The Morgan fingerprint density at radius 2 is 1.75 bits per heavy atom. The van der Waals surface area contributed by atoms with Crippen molar-refractivity contribution >= 4 is 44.2 Å². The molecule has 0 atom stereocenters. The summed E-state index contributed by atoms with van der Waals surface area (Å²) in [6, 6.07) is 11.3. The van der Waals surface area contributed by atoms with Crippen LogP contribution in [-0.2, 0) is 33.8 Å². The number of aromatic nitrogens is 1. The Labute approximate surface area is 235 Å². The largest absolute Gasteiger partial charge is 0.492 e. The van der Waals surface area contributed by atoms with E-state index in [0.717, 1.165) is 28.3 Å². The van der Waals surface area contributed by atoms with E-state index in [1.165, 1.54) is 7.11 Å². The number of carboxylic acids is 1. The molecule has 0 radical (unpaired) electrons. The second kappa shape index (κ2) is 11.1. The van der Waals surface area contributed by atoms with Gasteiger partial charge in [0.05, 0.1) is 36.2 Å². The number of likely N-dealkylation sites (tertiary alicyclic amines) is 1. The molecule has 2 aromatic carbocycles. The van der Waals surface area contributed by atoms with Gasteiger partial charge < -0.3 is 19.7 Å². The van der Waals surface area contributed by atoms with Gasteiger partial charge in [0.25, 0.3) is 5.91 Å². The van der Waals surface area contributed by atoms with Gasteiger partial charge in [-0.1, -0.05) is 39.0 Å². The number of hydrogen-bond acceptors (Lipinski definition) is 6. The monoisotopic (exact) mass is 570 g/mol. The molecule has 1 amide bonds. The van der Waals surface area contributed by atoms with Crippen LogP contribution in [0.25, 0.3) is 10.9 Å². The number of aliphatic carboxylic acids is 1. The van der Waals surface area contributed by atoms with Gasteiger partial charge in [0, 0.05) is 19.0 Å². The summed E-state index contributed by atoms with van der Waals surface area (Å²) in [5.41, 5.74) is 3.53. The zero-order chi connectivity index (χ0) is 29.4. The second-order valence-corrected chi connectivity index (χ2v) is 13.3. The van der Waals surface area contributed by atoms with E-state index in [-0.39, 0.29) is 28.7 Å². The first-order chi connectivity index (χ1) is 18.7. The Balaban J connectivity index is 1.66. The minimum Gasteiger partial charge on any atom is -0.492 e. The Hall–Kier alpha value is -3.57. The Morgan fingerprint density at radius 3 is 2.33 bits per heavy atom. The smallest absolute Gasteiger partial charge is 0.306 e. The lowest BCUT2D eigenvalue weighted by Crippen LogP contribution is -2.35. The van der Waals surface area contributed by atoms with Crippen molar-refractivity contribution < 1.29 is 27.9 Å². The van der Waals surface area contributed by atoms with Crippen LogP contribution in [0.1, 0.15) is 55.2 Å². The Kier molecular flexibility index (Phi) is 8.18. The summed E-state index contributed by atoms with van der Waals surface area (Å²) in [4.78, 5) is 27.2. The fourth-order valence-corrected chi connectivity index (χ4v) is 5.81. The van der Waals surface area contributed by atoms with Gasteiger partial charge in [0.15, 0.2) is 5.75 Å². The molecule has 2 heterocycles. The summed E-state index contributed by atoms with van der Waals surface area (Å²) in [6.07, 6.45) is 2.31. The lowest BCUT2D eigenvalue weighted by Gasteiger charge is -2.30. The number of ether oxygens (including phenoxy) is 1. The van der Waals surface area contributed by atoms with E-state index in [1.807, 2.05) is 56.7 Å². The van der Waals surface area contributed by atoms with Crippen molar-refractivity contribution in [1.29, 1.82) is 0 Å². The van der Waals surface area contributed by atoms with Gasteiger partial charge in [0.1, 0.15) is 5.69 Å². The molecular formula is C29H38N4O6S. The molecule has 0 bridgehead atoms. The number of carbonyl (C=O) groups excluding carboxylic acids is 1. The third-order valence-corrected chi connectivity index (χ3v) is 8.00. The Bertz CT molecular complexity index is 1550. The van der Waals surface area contributed by atoms with Crippen molar-refractivity contribution in [3.05, 3.63) is 53.2 Å². The first kappa shape index (κ1) is 29.4. The molecule has 0 aliphatic carbocycles. The molecule has 0 saturated carbocycles. The van der Waals surface area contributed by atoms with Crippen molar-refractivity contribution in [2.24, 2.45) is 13.0 Å². The van der Waals surface area contributed by atoms with Crippen LogP contribution in [0, 0.1) is 5.92 Å². The van der Waals surface area contributed by atoms with Crippen LogP contribution in [0.3, 0.4) is 0 Å². The van der Waals surface area contributed by atoms with Crippen LogP contribution in [0.15, 0.2) is 36.4 Å². The topological polar surface area (TPSA) is 130 Å². The van der Waals surface area contributed by atoms with Gasteiger partial charge in [0.2, 0.25) is 10.0 Å². The molecule has 4 rings (SSSR count). The molecule has 3 aromatic rings. The maximum Gasteiger partial charge on any atom is 0.306 e. The quantitative estimate of drug-likeness (QED) is 0.366. The number of nitrogens with zero attached hydrogens (tertiary/aromatic N) is 2. The number of anilines is 2. The fourth-order valence-electron chi connectivity index (χ4n) is 5.26. The zero-order valence-electron chi connectivity index (χ0n) is 23.9. The minimum atomic E-state index is -3.60. The molecule has 216 valence electrons. The molecule has 1 aromatic heterocycles. The predicted octanol–water partition coefficient (Wildman–Crippen LogP) is 4.40. The van der Waals surface area contributed by atoms with Crippen LogP contribution in [-0.4, -0.2) is 61.3 Å². The van der Waals surface area contributed by atoms with Crippen LogP contribution in [0.4, 0.5) is 11.4 Å². The lowest BCUT2D eigenvalue weighted by atomic mass is 9.86. The predicted molar refractivity (Wildman–Crippen MR) is 157 cm³/mol. The third-order valence-electron chi connectivity index (χ3n) is 7.41. The van der Waals surface area contributed by atoms with Crippen molar-refractivity contribution in [3.63, 3.8) is 0 Å². The molecule has 1 saturated heterocycles. The van der Waals surface area contributed by atoms with Gasteiger partial charge in [-0.25, -0.2) is 8.42 Å². The summed E-state index contributed by atoms with van der Waals surface area (Å²) in [6.45, 7) is 8.07. The molecule has 1 fully saturated rings. The number of hydrogen-bond donors (Lipinski definition) is 3. The number of fused-ring (bicyclic) bond motifs is 1. The Morgan fingerprint density at radius 1 is 1.10 bits per heavy atom. The molecule has 40 heavy (non-hydrogen) atoms. The second-order valence-electron chi connectivity index (χ2n) is 11.5. The average molecular weight is 571 g/mol. The van der Waals surface area contributed by atoms with Gasteiger partial charge in [-0.05, 0) is 60.7 Å². The van der Waals surface area contributed by atoms with Gasteiger partial charge in [-0.3, -0.25) is 19.2 Å². The van der Waals surface area contributed by atoms with Crippen LogP contribution in [0.5, 0.6) is 5.75 Å². The molecule has 1 aliphatic heterocycles. The van der Waals surface area contributed by atoms with E-state index < -0.39 is 16.0 Å². The van der Waals surface area contributed by atoms with Crippen molar-refractivity contribution in [3.8, 4) is 5.75 Å². The molecule has 10 nitrogen and oxygen atoms in total. The number of benzene rings is 2. The highest BCUT2D eigenvalue weighted by Crippen LogP contribution is 2.39. The van der Waals surface area contributed by atoms with E-state index >= 15 is 0 Å². The van der Waals surface area contributed by atoms with E-state index in [0.29, 0.717) is 43.9 Å². The molecule has 0 spiro atoms. The zero-order valence-corrected chi connectivity index (χ0v) is 24.7. The summed E-state index contributed by atoms with van der Waals surface area (Å²) < 4.78 is 34.0. The molecule has 1 aliphatic rings. The molecule has 3 N–H and O–H groups in total. The first-order valence-corrected chi connectivity index (χ1v) is 15.1. The number of piperidine rings is 1. The number of carbonyl (C=O) groups is 2. The normalized spacial score (nSPS) is 15.2. The highest BCUT2D eigenvalue weighted by atomic mass is 32.2. The number of sulfonamides is 1. The highest BCUT2D eigenvalue weighted by molar-refractivity contribution is 7.92. The number of methoxy groups -OCH3 is 1. The molecular weight excluding hydrogens is 532 g/mol. The van der Waals surface area contributed by atoms with Gasteiger partial charge >= 0.3 is 5.97 Å². The summed E-state index contributed by atoms with van der Waals surface area (Å²) in [7, 11) is -0.326. The molecule has 0 unspecified atom stereocenters. The number of carboxylic acid groups (broad SMARTS) is 1.